The minimum atomic E-state index is -0.408. The maximum Gasteiger partial charge on any atom is 0.251 e. The van der Waals surface area contributed by atoms with E-state index in [9.17, 15) is 14.0 Å². The molecule has 0 unspecified atom stereocenters. The number of benzene rings is 2. The molecule has 0 aliphatic carbocycles. The summed E-state index contributed by atoms with van der Waals surface area (Å²) in [6.45, 7) is 1.10. The van der Waals surface area contributed by atoms with Crippen molar-refractivity contribution in [1.29, 1.82) is 0 Å². The third-order valence-electron chi connectivity index (χ3n) is 5.01. The van der Waals surface area contributed by atoms with Gasteiger partial charge < -0.3 is 14.6 Å². The van der Waals surface area contributed by atoms with E-state index in [4.69, 9.17) is 4.42 Å². The van der Waals surface area contributed by atoms with E-state index in [1.165, 1.54) is 24.3 Å². The molecule has 28 heavy (non-hydrogen) atoms. The molecule has 0 atom stereocenters. The van der Waals surface area contributed by atoms with E-state index in [0.29, 0.717) is 18.7 Å². The molecular formula is C21H20FN3O3. The minimum absolute atomic E-state index is 0.0796. The Bertz CT molecular complexity index is 959. The second-order valence-corrected chi connectivity index (χ2v) is 6.86. The minimum Gasteiger partial charge on any atom is -0.440 e. The van der Waals surface area contributed by atoms with Gasteiger partial charge in [-0.25, -0.2) is 9.37 Å². The SMILES string of the molecule is O=C(NCC(=O)N1CCC(c2nc3ccccc3o2)CC1)c1ccc(F)cc1. The number of nitrogens with one attached hydrogen (secondary N) is 1. The summed E-state index contributed by atoms with van der Waals surface area (Å²) >= 11 is 0. The number of rotatable bonds is 4. The Morgan fingerprint density at radius 2 is 1.82 bits per heavy atom. The number of hydrogen-bond acceptors (Lipinski definition) is 4. The van der Waals surface area contributed by atoms with Crippen molar-refractivity contribution in [2.75, 3.05) is 19.6 Å². The van der Waals surface area contributed by atoms with Crippen molar-refractivity contribution in [1.82, 2.24) is 15.2 Å². The van der Waals surface area contributed by atoms with E-state index in [1.807, 2.05) is 24.3 Å². The lowest BCUT2D eigenvalue weighted by Crippen LogP contribution is -2.43. The van der Waals surface area contributed by atoms with Crippen LogP contribution in [0.15, 0.2) is 52.9 Å². The molecule has 1 N–H and O–H groups in total. The van der Waals surface area contributed by atoms with Crippen LogP contribution in [0.4, 0.5) is 4.39 Å². The van der Waals surface area contributed by atoms with E-state index < -0.39 is 11.7 Å². The molecular weight excluding hydrogens is 361 g/mol. The number of oxazole rings is 1. The molecule has 1 saturated heterocycles. The molecule has 0 saturated carbocycles. The second kappa shape index (κ2) is 7.80. The molecule has 1 aromatic heterocycles. The summed E-state index contributed by atoms with van der Waals surface area (Å²) in [5.74, 6) is -0.0289. The first-order valence-corrected chi connectivity index (χ1v) is 9.27. The Morgan fingerprint density at radius 1 is 1.11 bits per heavy atom. The zero-order valence-electron chi connectivity index (χ0n) is 15.2. The van der Waals surface area contributed by atoms with Gasteiger partial charge in [0, 0.05) is 24.6 Å². The topological polar surface area (TPSA) is 75.4 Å². The zero-order valence-corrected chi connectivity index (χ0v) is 15.2. The van der Waals surface area contributed by atoms with E-state index in [2.05, 4.69) is 10.3 Å². The maximum absolute atomic E-state index is 12.9. The van der Waals surface area contributed by atoms with Crippen LogP contribution < -0.4 is 5.32 Å². The number of carbonyl (C=O) groups is 2. The van der Waals surface area contributed by atoms with E-state index in [1.54, 1.807) is 4.90 Å². The van der Waals surface area contributed by atoms with Gasteiger partial charge in [-0.3, -0.25) is 9.59 Å². The summed E-state index contributed by atoms with van der Waals surface area (Å²) in [7, 11) is 0. The van der Waals surface area contributed by atoms with Gasteiger partial charge in [0.25, 0.3) is 5.91 Å². The second-order valence-electron chi connectivity index (χ2n) is 6.86. The number of piperidine rings is 1. The lowest BCUT2D eigenvalue weighted by Gasteiger charge is -2.30. The fourth-order valence-electron chi connectivity index (χ4n) is 3.41. The molecule has 3 aromatic rings. The monoisotopic (exact) mass is 381 g/mol. The Hall–Kier alpha value is -3.22. The molecule has 1 fully saturated rings. The van der Waals surface area contributed by atoms with Gasteiger partial charge in [0.2, 0.25) is 5.91 Å². The van der Waals surface area contributed by atoms with Crippen LogP contribution in [0.5, 0.6) is 0 Å². The van der Waals surface area contributed by atoms with Crippen LogP contribution in [0.1, 0.15) is 35.0 Å². The summed E-state index contributed by atoms with van der Waals surface area (Å²) in [6.07, 6.45) is 1.54. The van der Waals surface area contributed by atoms with Crippen LogP contribution in [0.25, 0.3) is 11.1 Å². The van der Waals surface area contributed by atoms with Gasteiger partial charge >= 0.3 is 0 Å². The number of halogens is 1. The van der Waals surface area contributed by atoms with E-state index in [0.717, 1.165) is 29.8 Å². The van der Waals surface area contributed by atoms with E-state index >= 15 is 0 Å². The highest BCUT2D eigenvalue weighted by Crippen LogP contribution is 2.29. The molecule has 0 bridgehead atoms. The quantitative estimate of drug-likeness (QED) is 0.754. The van der Waals surface area contributed by atoms with Gasteiger partial charge in [0.15, 0.2) is 11.5 Å². The predicted octanol–water partition coefficient (Wildman–Crippen LogP) is 3.10. The van der Waals surface area contributed by atoms with Crippen molar-refractivity contribution in [2.45, 2.75) is 18.8 Å². The Kier molecular flexibility index (Phi) is 5.06. The van der Waals surface area contributed by atoms with Crippen molar-refractivity contribution < 1.29 is 18.4 Å². The van der Waals surface area contributed by atoms with Crippen LogP contribution in [-0.4, -0.2) is 41.3 Å². The molecule has 2 aromatic carbocycles. The summed E-state index contributed by atoms with van der Waals surface area (Å²) in [4.78, 5) is 30.7. The third-order valence-corrected chi connectivity index (χ3v) is 5.01. The number of nitrogens with zero attached hydrogens (tertiary/aromatic N) is 2. The number of para-hydroxylation sites is 2. The van der Waals surface area contributed by atoms with Gasteiger partial charge in [-0.05, 0) is 49.2 Å². The standard InChI is InChI=1S/C21H20FN3O3/c22-16-7-5-14(6-8-16)20(27)23-13-19(26)25-11-9-15(10-12-25)21-24-17-3-1-2-4-18(17)28-21/h1-8,15H,9-13H2,(H,23,27). The molecule has 0 radical (unpaired) electrons. The van der Waals surface area contributed by atoms with Crippen molar-refractivity contribution in [2.24, 2.45) is 0 Å². The molecule has 7 heteroatoms. The molecule has 2 amide bonds. The Labute approximate surface area is 161 Å². The zero-order chi connectivity index (χ0) is 19.5. The van der Waals surface area contributed by atoms with Crippen molar-refractivity contribution in [3.05, 3.63) is 65.8 Å². The van der Waals surface area contributed by atoms with Crippen LogP contribution in [0.3, 0.4) is 0 Å². The van der Waals surface area contributed by atoms with Gasteiger partial charge in [-0.2, -0.15) is 0 Å². The van der Waals surface area contributed by atoms with Crippen LogP contribution in [0, 0.1) is 5.82 Å². The van der Waals surface area contributed by atoms with Gasteiger partial charge in [0.05, 0.1) is 6.54 Å². The van der Waals surface area contributed by atoms with E-state index in [-0.39, 0.29) is 18.4 Å². The lowest BCUT2D eigenvalue weighted by atomic mass is 9.97. The van der Waals surface area contributed by atoms with Crippen LogP contribution in [0.2, 0.25) is 0 Å². The van der Waals surface area contributed by atoms with Crippen LogP contribution in [-0.2, 0) is 4.79 Å². The maximum atomic E-state index is 12.9. The lowest BCUT2D eigenvalue weighted by molar-refractivity contribution is -0.131. The van der Waals surface area contributed by atoms with Gasteiger partial charge in [-0.15, -0.1) is 0 Å². The largest absolute Gasteiger partial charge is 0.440 e. The number of amides is 2. The predicted molar refractivity (Wildman–Crippen MR) is 101 cm³/mol. The average molecular weight is 381 g/mol. The number of likely N-dealkylation sites (tertiary alicyclic amines) is 1. The molecule has 4 rings (SSSR count). The number of fused-ring (bicyclic) bond motifs is 1. The van der Waals surface area contributed by atoms with Crippen LogP contribution >= 0.6 is 0 Å². The number of carbonyl (C=O) groups excluding carboxylic acids is 2. The summed E-state index contributed by atoms with van der Waals surface area (Å²) in [6, 6.07) is 12.9. The summed E-state index contributed by atoms with van der Waals surface area (Å²) in [5, 5.41) is 2.59. The molecule has 144 valence electrons. The molecule has 6 nitrogen and oxygen atoms in total. The Morgan fingerprint density at radius 3 is 2.54 bits per heavy atom. The van der Waals surface area contributed by atoms with Crippen molar-refractivity contribution in [3.63, 3.8) is 0 Å². The molecule has 2 heterocycles. The molecule has 0 spiro atoms. The van der Waals surface area contributed by atoms with Crippen molar-refractivity contribution >= 4 is 22.9 Å². The first kappa shape index (κ1) is 18.2. The highest BCUT2D eigenvalue weighted by atomic mass is 19.1. The number of aromatic nitrogens is 1. The fraction of sp³-hybridized carbons (Fsp3) is 0.286. The highest BCUT2D eigenvalue weighted by molar-refractivity contribution is 5.96. The first-order valence-electron chi connectivity index (χ1n) is 9.27. The number of hydrogen-bond donors (Lipinski definition) is 1. The highest BCUT2D eigenvalue weighted by Gasteiger charge is 2.27. The first-order chi connectivity index (χ1) is 13.6. The fourth-order valence-corrected chi connectivity index (χ4v) is 3.41. The van der Waals surface area contributed by atoms with Gasteiger partial charge in [-0.1, -0.05) is 12.1 Å². The molecule has 1 aliphatic rings. The molecule has 1 aliphatic heterocycles. The average Bonchev–Trinajstić information content (AvgIpc) is 3.16. The normalized spacial score (nSPS) is 15.0. The van der Waals surface area contributed by atoms with Crippen molar-refractivity contribution in [3.8, 4) is 0 Å². The Balaban J connectivity index is 1.29. The summed E-state index contributed by atoms with van der Waals surface area (Å²) in [5.41, 5.74) is 1.95. The summed E-state index contributed by atoms with van der Waals surface area (Å²) < 4.78 is 18.8. The van der Waals surface area contributed by atoms with Gasteiger partial charge in [0.1, 0.15) is 11.3 Å². The third kappa shape index (κ3) is 3.88. The smallest absolute Gasteiger partial charge is 0.251 e.